The van der Waals surface area contributed by atoms with Crippen LogP contribution in [0.4, 0.5) is 4.79 Å². The Bertz CT molecular complexity index is 383. The lowest BCUT2D eigenvalue weighted by Crippen LogP contribution is -2.41. The highest BCUT2D eigenvalue weighted by atomic mass is 32.1. The summed E-state index contributed by atoms with van der Waals surface area (Å²) >= 11 is 4.96. The van der Waals surface area contributed by atoms with Crippen LogP contribution in [0.5, 0.6) is 0 Å². The molecule has 2 heterocycles. The summed E-state index contributed by atoms with van der Waals surface area (Å²) in [6.07, 6.45) is 3.22. The Hall–Kier alpha value is -1.23. The second-order valence-electron chi connectivity index (χ2n) is 2.91. The number of aryl methyl sites for hydroxylation is 1. The molecule has 1 aromatic heterocycles. The van der Waals surface area contributed by atoms with Crippen molar-refractivity contribution in [1.29, 1.82) is 0 Å². The molecule has 1 N–H and O–H groups in total. The molecule has 1 aliphatic heterocycles. The number of nitrogens with zero attached hydrogens (tertiary/aromatic N) is 2. The Balaban J connectivity index is 2.51. The highest BCUT2D eigenvalue weighted by Crippen LogP contribution is 2.13. The summed E-state index contributed by atoms with van der Waals surface area (Å²) < 4.78 is 1.38. The third-order valence-corrected chi connectivity index (χ3v) is 2.35. The number of fused-ring (bicyclic) bond motifs is 1. The molecule has 68 valence electrons. The average molecular weight is 195 g/mol. The molecule has 0 atom stereocenters. The van der Waals surface area contributed by atoms with Crippen LogP contribution in [0.1, 0.15) is 18.2 Å². The molecular weight excluding hydrogens is 186 g/mol. The van der Waals surface area contributed by atoms with Crippen LogP contribution in [-0.4, -0.2) is 20.8 Å². The standard InChI is InChI=1S/C8H9N3OS/c1-2-5-4-9-11-6(5)3-7(13)10-8(11)12/h4H,2-3H2,1H3,(H,10,12,13). The SMILES string of the molecule is CCc1cnn2c1CC(=S)NC2=O. The first-order chi connectivity index (χ1) is 6.22. The minimum atomic E-state index is -0.244. The van der Waals surface area contributed by atoms with E-state index in [2.05, 4.69) is 10.4 Å². The van der Waals surface area contributed by atoms with E-state index in [1.54, 1.807) is 6.20 Å². The molecule has 0 bridgehead atoms. The number of amides is 1. The minimum Gasteiger partial charge on any atom is -0.300 e. The Kier molecular flexibility index (Phi) is 1.88. The molecule has 0 saturated heterocycles. The maximum atomic E-state index is 11.3. The zero-order chi connectivity index (χ0) is 9.42. The van der Waals surface area contributed by atoms with Gasteiger partial charge in [-0.1, -0.05) is 19.1 Å². The van der Waals surface area contributed by atoms with Crippen LogP contribution >= 0.6 is 12.2 Å². The van der Waals surface area contributed by atoms with Gasteiger partial charge in [0, 0.05) is 6.42 Å². The molecule has 0 aliphatic carbocycles. The lowest BCUT2D eigenvalue weighted by molar-refractivity contribution is 0.242. The van der Waals surface area contributed by atoms with E-state index in [0.29, 0.717) is 11.4 Å². The Labute approximate surface area is 80.9 Å². The van der Waals surface area contributed by atoms with Gasteiger partial charge < -0.3 is 0 Å². The van der Waals surface area contributed by atoms with Gasteiger partial charge in [-0.25, -0.2) is 4.79 Å². The zero-order valence-corrected chi connectivity index (χ0v) is 8.02. The lowest BCUT2D eigenvalue weighted by atomic mass is 10.1. The monoisotopic (exact) mass is 195 g/mol. The summed E-state index contributed by atoms with van der Waals surface area (Å²) in [5.41, 5.74) is 2.02. The number of carbonyl (C=O) groups is 1. The quantitative estimate of drug-likeness (QED) is 0.677. The molecule has 1 aliphatic rings. The van der Waals surface area contributed by atoms with Gasteiger partial charge in [-0.3, -0.25) is 5.32 Å². The first-order valence-electron chi connectivity index (χ1n) is 4.12. The fourth-order valence-corrected chi connectivity index (χ4v) is 1.66. The number of carbonyl (C=O) groups excluding carboxylic acids is 1. The highest BCUT2D eigenvalue weighted by Gasteiger charge is 2.22. The third kappa shape index (κ3) is 1.25. The summed E-state index contributed by atoms with van der Waals surface area (Å²) in [5.74, 6) is 0. The van der Waals surface area contributed by atoms with Gasteiger partial charge in [-0.15, -0.1) is 0 Å². The Morgan fingerprint density at radius 2 is 2.54 bits per heavy atom. The number of hydrogen-bond acceptors (Lipinski definition) is 3. The molecule has 1 amide bonds. The first kappa shape index (κ1) is 8.37. The van der Waals surface area contributed by atoms with Crippen molar-refractivity contribution in [2.45, 2.75) is 19.8 Å². The van der Waals surface area contributed by atoms with Crippen molar-refractivity contribution in [2.24, 2.45) is 0 Å². The van der Waals surface area contributed by atoms with Crippen LogP contribution in [0.3, 0.4) is 0 Å². The van der Waals surface area contributed by atoms with Gasteiger partial charge >= 0.3 is 6.03 Å². The van der Waals surface area contributed by atoms with Crippen LogP contribution in [-0.2, 0) is 12.8 Å². The smallest absolute Gasteiger partial charge is 0.300 e. The molecule has 13 heavy (non-hydrogen) atoms. The van der Waals surface area contributed by atoms with Crippen molar-refractivity contribution in [2.75, 3.05) is 0 Å². The Morgan fingerprint density at radius 1 is 1.77 bits per heavy atom. The van der Waals surface area contributed by atoms with Crippen molar-refractivity contribution >= 4 is 23.2 Å². The molecule has 0 radical (unpaired) electrons. The van der Waals surface area contributed by atoms with Gasteiger partial charge in [0.15, 0.2) is 0 Å². The van der Waals surface area contributed by atoms with Gasteiger partial charge in [-0.2, -0.15) is 9.78 Å². The average Bonchev–Trinajstić information content (AvgIpc) is 2.47. The molecule has 4 nitrogen and oxygen atoms in total. The minimum absolute atomic E-state index is 0.244. The topological polar surface area (TPSA) is 46.9 Å². The van der Waals surface area contributed by atoms with Crippen LogP contribution in [0.25, 0.3) is 0 Å². The molecule has 5 heteroatoms. The zero-order valence-electron chi connectivity index (χ0n) is 7.20. The van der Waals surface area contributed by atoms with Crippen molar-refractivity contribution in [3.05, 3.63) is 17.5 Å². The van der Waals surface area contributed by atoms with E-state index in [9.17, 15) is 4.79 Å². The van der Waals surface area contributed by atoms with E-state index in [1.165, 1.54) is 4.68 Å². The van der Waals surface area contributed by atoms with Crippen LogP contribution in [0.15, 0.2) is 6.20 Å². The number of rotatable bonds is 1. The molecule has 0 fully saturated rings. The summed E-state index contributed by atoms with van der Waals surface area (Å²) in [5, 5.41) is 6.55. The maximum Gasteiger partial charge on any atom is 0.347 e. The van der Waals surface area contributed by atoms with Gasteiger partial charge in [0.2, 0.25) is 0 Å². The molecule has 0 unspecified atom stereocenters. The fraction of sp³-hybridized carbons (Fsp3) is 0.375. The molecule has 2 rings (SSSR count). The van der Waals surface area contributed by atoms with Gasteiger partial charge in [0.25, 0.3) is 0 Å². The lowest BCUT2D eigenvalue weighted by Gasteiger charge is -2.15. The molecule has 0 saturated carbocycles. The van der Waals surface area contributed by atoms with E-state index in [1.807, 2.05) is 6.92 Å². The van der Waals surface area contributed by atoms with E-state index >= 15 is 0 Å². The van der Waals surface area contributed by atoms with E-state index in [0.717, 1.165) is 17.7 Å². The number of thiocarbonyl (C=S) groups is 1. The van der Waals surface area contributed by atoms with Crippen molar-refractivity contribution in [3.63, 3.8) is 0 Å². The normalized spacial score (nSPS) is 15.5. The van der Waals surface area contributed by atoms with E-state index in [4.69, 9.17) is 12.2 Å². The summed E-state index contributed by atoms with van der Waals surface area (Å²) in [7, 11) is 0. The second kappa shape index (κ2) is 2.92. The predicted molar refractivity (Wildman–Crippen MR) is 51.8 cm³/mol. The predicted octanol–water partition coefficient (Wildman–Crippen LogP) is 0.887. The summed E-state index contributed by atoms with van der Waals surface area (Å²) in [6.45, 7) is 2.04. The van der Waals surface area contributed by atoms with Crippen LogP contribution < -0.4 is 5.32 Å². The Morgan fingerprint density at radius 3 is 3.23 bits per heavy atom. The largest absolute Gasteiger partial charge is 0.347 e. The van der Waals surface area contributed by atoms with Crippen LogP contribution in [0.2, 0.25) is 0 Å². The third-order valence-electron chi connectivity index (χ3n) is 2.10. The maximum absolute atomic E-state index is 11.3. The van der Waals surface area contributed by atoms with Crippen molar-refractivity contribution < 1.29 is 4.79 Å². The van der Waals surface area contributed by atoms with Gasteiger partial charge in [0.05, 0.1) is 16.9 Å². The van der Waals surface area contributed by atoms with Crippen molar-refractivity contribution in [1.82, 2.24) is 15.1 Å². The van der Waals surface area contributed by atoms with Crippen molar-refractivity contribution in [3.8, 4) is 0 Å². The molecular formula is C8H9N3OS. The molecule has 0 aromatic carbocycles. The number of hydrogen-bond donors (Lipinski definition) is 1. The highest BCUT2D eigenvalue weighted by molar-refractivity contribution is 7.80. The number of nitrogens with one attached hydrogen (secondary N) is 1. The van der Waals surface area contributed by atoms with Crippen LogP contribution in [0, 0.1) is 0 Å². The van der Waals surface area contributed by atoms with Gasteiger partial charge in [-0.05, 0) is 12.0 Å². The fourth-order valence-electron chi connectivity index (χ4n) is 1.43. The summed E-state index contributed by atoms with van der Waals surface area (Å²) in [4.78, 5) is 11.9. The van der Waals surface area contributed by atoms with Gasteiger partial charge in [0.1, 0.15) is 0 Å². The second-order valence-corrected chi connectivity index (χ2v) is 3.40. The van der Waals surface area contributed by atoms with E-state index < -0.39 is 0 Å². The first-order valence-corrected chi connectivity index (χ1v) is 4.53. The summed E-state index contributed by atoms with van der Waals surface area (Å²) in [6, 6.07) is -0.244. The number of aromatic nitrogens is 2. The molecule has 1 aromatic rings. The molecule has 0 spiro atoms. The van der Waals surface area contributed by atoms with E-state index in [-0.39, 0.29) is 6.03 Å².